The molecule has 0 heterocycles. The van der Waals surface area contributed by atoms with Gasteiger partial charge >= 0.3 is 0 Å². The Kier molecular flexibility index (Phi) is 4.00. The van der Waals surface area contributed by atoms with E-state index in [1.165, 1.54) is 23.1 Å². The van der Waals surface area contributed by atoms with Crippen molar-refractivity contribution in [3.63, 3.8) is 0 Å². The molecule has 1 aliphatic carbocycles. The lowest BCUT2D eigenvalue weighted by Gasteiger charge is -2.17. The molecule has 0 bridgehead atoms. The van der Waals surface area contributed by atoms with E-state index in [0.717, 1.165) is 13.0 Å². The number of rotatable bonds is 4. The van der Waals surface area contributed by atoms with Crippen molar-refractivity contribution < 1.29 is 4.21 Å². The average Bonchev–Trinajstić information content (AvgIpc) is 2.68. The van der Waals surface area contributed by atoms with Crippen molar-refractivity contribution in [1.29, 1.82) is 0 Å². The third-order valence-corrected chi connectivity index (χ3v) is 4.90. The standard InChI is InChI=1S/C14H21NOS/c1-10-4-5-12-6-7-14(13(12)8-10)15-9-11(2)17(3)16/h4-5,8,11,14-15H,6-7,9H2,1-3H3. The molecule has 1 aromatic rings. The molecule has 0 amide bonds. The van der Waals surface area contributed by atoms with Gasteiger partial charge in [0.05, 0.1) is 0 Å². The zero-order valence-corrected chi connectivity index (χ0v) is 11.6. The molecule has 3 unspecified atom stereocenters. The van der Waals surface area contributed by atoms with Crippen molar-refractivity contribution in [2.75, 3.05) is 12.8 Å². The Morgan fingerprint density at radius 2 is 2.29 bits per heavy atom. The molecule has 1 aliphatic rings. The van der Waals surface area contributed by atoms with Crippen LogP contribution in [0.25, 0.3) is 0 Å². The van der Waals surface area contributed by atoms with Crippen LogP contribution < -0.4 is 5.32 Å². The summed E-state index contributed by atoms with van der Waals surface area (Å²) >= 11 is 0. The molecule has 2 nitrogen and oxygen atoms in total. The molecule has 94 valence electrons. The fraction of sp³-hybridized carbons (Fsp3) is 0.571. The second-order valence-electron chi connectivity index (χ2n) is 5.01. The van der Waals surface area contributed by atoms with Crippen molar-refractivity contribution in [2.45, 2.75) is 38.0 Å². The molecule has 0 radical (unpaired) electrons. The van der Waals surface area contributed by atoms with Crippen LogP contribution in [0.1, 0.15) is 36.1 Å². The highest BCUT2D eigenvalue weighted by Crippen LogP contribution is 2.31. The van der Waals surface area contributed by atoms with Crippen molar-refractivity contribution in [1.82, 2.24) is 5.32 Å². The summed E-state index contributed by atoms with van der Waals surface area (Å²) in [5, 5.41) is 3.78. The van der Waals surface area contributed by atoms with Gasteiger partial charge in [0.25, 0.3) is 0 Å². The molecule has 0 spiro atoms. The summed E-state index contributed by atoms with van der Waals surface area (Å²) in [6.45, 7) is 5.01. The van der Waals surface area contributed by atoms with Gasteiger partial charge in [-0.1, -0.05) is 23.8 Å². The van der Waals surface area contributed by atoms with Gasteiger partial charge in [-0.15, -0.1) is 0 Å². The minimum absolute atomic E-state index is 0.226. The van der Waals surface area contributed by atoms with Crippen LogP contribution in [0.5, 0.6) is 0 Å². The lowest BCUT2D eigenvalue weighted by atomic mass is 10.1. The SMILES string of the molecule is Cc1ccc2c(c1)C(NCC(C)S(C)=O)CC2. The molecule has 17 heavy (non-hydrogen) atoms. The Morgan fingerprint density at radius 1 is 1.53 bits per heavy atom. The van der Waals surface area contributed by atoms with E-state index in [2.05, 4.69) is 30.4 Å². The van der Waals surface area contributed by atoms with Gasteiger partial charge in [0.15, 0.2) is 0 Å². The third-order valence-electron chi connectivity index (χ3n) is 3.60. The highest BCUT2D eigenvalue weighted by Gasteiger charge is 2.22. The Balaban J connectivity index is 2.02. The van der Waals surface area contributed by atoms with Crippen LogP contribution in [0, 0.1) is 6.92 Å². The fourth-order valence-corrected chi connectivity index (χ4v) is 2.69. The minimum atomic E-state index is -0.735. The Hall–Kier alpha value is -0.670. The van der Waals surface area contributed by atoms with Gasteiger partial charge in [-0.3, -0.25) is 4.21 Å². The highest BCUT2D eigenvalue weighted by molar-refractivity contribution is 7.84. The maximum Gasteiger partial charge on any atom is 0.0441 e. The second kappa shape index (κ2) is 5.32. The first-order chi connectivity index (χ1) is 8.08. The lowest BCUT2D eigenvalue weighted by molar-refractivity contribution is 0.529. The summed E-state index contributed by atoms with van der Waals surface area (Å²) in [5.41, 5.74) is 4.24. The van der Waals surface area contributed by atoms with Crippen LogP contribution in [-0.2, 0) is 17.2 Å². The van der Waals surface area contributed by atoms with Gasteiger partial charge < -0.3 is 5.32 Å². The summed E-state index contributed by atoms with van der Waals surface area (Å²) in [6.07, 6.45) is 4.11. The molecule has 2 rings (SSSR count). The highest BCUT2D eigenvalue weighted by atomic mass is 32.2. The van der Waals surface area contributed by atoms with E-state index >= 15 is 0 Å². The summed E-state index contributed by atoms with van der Waals surface area (Å²) < 4.78 is 11.3. The molecular weight excluding hydrogens is 230 g/mol. The monoisotopic (exact) mass is 251 g/mol. The minimum Gasteiger partial charge on any atom is -0.309 e. The Bertz CT molecular complexity index is 430. The number of benzene rings is 1. The molecule has 3 heteroatoms. The van der Waals surface area contributed by atoms with E-state index in [0.29, 0.717) is 6.04 Å². The summed E-state index contributed by atoms with van der Waals surface area (Å²) in [5.74, 6) is 0. The maximum absolute atomic E-state index is 11.3. The van der Waals surface area contributed by atoms with Gasteiger partial charge in [-0.05, 0) is 37.8 Å². The van der Waals surface area contributed by atoms with Crippen LogP contribution in [0.3, 0.4) is 0 Å². The number of aryl methyl sites for hydroxylation is 2. The van der Waals surface area contributed by atoms with E-state index in [9.17, 15) is 4.21 Å². The molecule has 1 aromatic carbocycles. The van der Waals surface area contributed by atoms with E-state index in [1.807, 2.05) is 6.92 Å². The molecule has 0 saturated heterocycles. The molecule has 0 aliphatic heterocycles. The number of hydrogen-bond acceptors (Lipinski definition) is 2. The van der Waals surface area contributed by atoms with Gasteiger partial charge in [0.2, 0.25) is 0 Å². The molecule has 0 aromatic heterocycles. The first-order valence-corrected chi connectivity index (χ1v) is 7.85. The topological polar surface area (TPSA) is 29.1 Å². The van der Waals surface area contributed by atoms with E-state index in [1.54, 1.807) is 6.26 Å². The smallest absolute Gasteiger partial charge is 0.0441 e. The summed E-state index contributed by atoms with van der Waals surface area (Å²) in [6, 6.07) is 7.17. The molecule has 0 fully saturated rings. The third kappa shape index (κ3) is 2.96. The fourth-order valence-electron chi connectivity index (χ4n) is 2.36. The van der Waals surface area contributed by atoms with Gasteiger partial charge in [-0.2, -0.15) is 0 Å². The van der Waals surface area contributed by atoms with E-state index in [-0.39, 0.29) is 5.25 Å². The van der Waals surface area contributed by atoms with Crippen LogP contribution in [-0.4, -0.2) is 22.3 Å². The van der Waals surface area contributed by atoms with Crippen LogP contribution >= 0.6 is 0 Å². The summed E-state index contributed by atoms with van der Waals surface area (Å²) in [7, 11) is -0.735. The van der Waals surface area contributed by atoms with Crippen LogP contribution in [0.15, 0.2) is 18.2 Å². The van der Waals surface area contributed by atoms with Crippen molar-refractivity contribution >= 4 is 10.8 Å². The van der Waals surface area contributed by atoms with Crippen molar-refractivity contribution in [3.8, 4) is 0 Å². The van der Waals surface area contributed by atoms with Gasteiger partial charge in [-0.25, -0.2) is 0 Å². The first-order valence-electron chi connectivity index (χ1n) is 6.23. The molecular formula is C14H21NOS. The van der Waals surface area contributed by atoms with Crippen LogP contribution in [0.2, 0.25) is 0 Å². The molecule has 1 N–H and O–H groups in total. The normalized spacial score (nSPS) is 22.2. The average molecular weight is 251 g/mol. The molecule has 0 saturated carbocycles. The van der Waals surface area contributed by atoms with Gasteiger partial charge in [0.1, 0.15) is 0 Å². The molecule has 3 atom stereocenters. The summed E-state index contributed by atoms with van der Waals surface area (Å²) in [4.78, 5) is 0. The zero-order chi connectivity index (χ0) is 12.4. The predicted octanol–water partition coefficient (Wildman–Crippen LogP) is 2.34. The predicted molar refractivity (Wildman–Crippen MR) is 73.8 cm³/mol. The van der Waals surface area contributed by atoms with Crippen molar-refractivity contribution in [2.24, 2.45) is 0 Å². The number of nitrogens with one attached hydrogen (secondary N) is 1. The van der Waals surface area contributed by atoms with E-state index < -0.39 is 10.8 Å². The Morgan fingerprint density at radius 3 is 3.00 bits per heavy atom. The van der Waals surface area contributed by atoms with Crippen LogP contribution in [0.4, 0.5) is 0 Å². The largest absolute Gasteiger partial charge is 0.309 e. The quantitative estimate of drug-likeness (QED) is 0.890. The number of hydrogen-bond donors (Lipinski definition) is 1. The first kappa shape index (κ1) is 12.8. The maximum atomic E-state index is 11.3. The Labute approximate surface area is 106 Å². The van der Waals surface area contributed by atoms with Crippen molar-refractivity contribution in [3.05, 3.63) is 34.9 Å². The lowest BCUT2D eigenvalue weighted by Crippen LogP contribution is -2.30. The second-order valence-corrected chi connectivity index (χ2v) is 6.81. The van der Waals surface area contributed by atoms with Gasteiger partial charge in [0, 0.05) is 34.9 Å². The number of fused-ring (bicyclic) bond motifs is 1. The zero-order valence-electron chi connectivity index (χ0n) is 10.8. The van der Waals surface area contributed by atoms with E-state index in [4.69, 9.17) is 0 Å².